The Bertz CT molecular complexity index is 617. The molecule has 3 rings (SSSR count). The normalized spacial score (nSPS) is 28.9. The molecule has 1 aromatic rings. The van der Waals surface area contributed by atoms with Crippen molar-refractivity contribution in [3.8, 4) is 0 Å². The Hall–Kier alpha value is -1.90. The molecule has 0 bridgehead atoms. The molecule has 1 fully saturated rings. The van der Waals surface area contributed by atoms with Crippen LogP contribution in [0.25, 0.3) is 0 Å². The molecular formula is C17H19NO2. The number of carbonyl (C=O) groups excluding carboxylic acids is 2. The fourth-order valence-electron chi connectivity index (χ4n) is 3.44. The van der Waals surface area contributed by atoms with Crippen molar-refractivity contribution in [3.05, 3.63) is 41.5 Å². The van der Waals surface area contributed by atoms with Crippen LogP contribution in [-0.4, -0.2) is 11.8 Å². The highest BCUT2D eigenvalue weighted by molar-refractivity contribution is 6.22. The fraction of sp³-hybridized carbons (Fsp3) is 0.412. The van der Waals surface area contributed by atoms with Gasteiger partial charge in [-0.1, -0.05) is 36.8 Å². The van der Waals surface area contributed by atoms with Gasteiger partial charge in [0.25, 0.3) is 0 Å². The molecule has 0 unspecified atom stereocenters. The number of rotatable bonds is 1. The van der Waals surface area contributed by atoms with Gasteiger partial charge in [0.2, 0.25) is 11.8 Å². The van der Waals surface area contributed by atoms with E-state index in [2.05, 4.69) is 6.08 Å². The summed E-state index contributed by atoms with van der Waals surface area (Å²) in [7, 11) is 0. The first-order valence-corrected chi connectivity index (χ1v) is 7.12. The molecule has 0 N–H and O–H groups in total. The number of nitrogens with zero attached hydrogens (tertiary/aromatic N) is 1. The highest BCUT2D eigenvalue weighted by Gasteiger charge is 2.50. The van der Waals surface area contributed by atoms with E-state index in [9.17, 15) is 9.59 Å². The number of aryl methyl sites for hydroxylation is 2. The van der Waals surface area contributed by atoms with Crippen LogP contribution in [0.2, 0.25) is 0 Å². The van der Waals surface area contributed by atoms with Crippen LogP contribution in [-0.2, 0) is 9.59 Å². The third-order valence-corrected chi connectivity index (χ3v) is 4.47. The van der Waals surface area contributed by atoms with Gasteiger partial charge >= 0.3 is 0 Å². The van der Waals surface area contributed by atoms with Gasteiger partial charge in [0.1, 0.15) is 0 Å². The Morgan fingerprint density at radius 1 is 1.15 bits per heavy atom. The summed E-state index contributed by atoms with van der Waals surface area (Å²) in [5.74, 6) is -0.302. The van der Waals surface area contributed by atoms with Crippen molar-refractivity contribution in [1.29, 1.82) is 0 Å². The second-order valence-corrected chi connectivity index (χ2v) is 5.96. The molecule has 1 aliphatic carbocycles. The van der Waals surface area contributed by atoms with Crippen molar-refractivity contribution in [2.45, 2.75) is 27.2 Å². The minimum atomic E-state index is -0.187. The van der Waals surface area contributed by atoms with E-state index in [1.807, 2.05) is 45.0 Å². The molecule has 1 aliphatic heterocycles. The average Bonchev–Trinajstić information content (AvgIpc) is 2.64. The van der Waals surface area contributed by atoms with Crippen LogP contribution in [0.5, 0.6) is 0 Å². The largest absolute Gasteiger partial charge is 0.274 e. The molecule has 1 aromatic carbocycles. The molecule has 1 heterocycles. The molecular weight excluding hydrogens is 250 g/mol. The number of allylic oxidation sites excluding steroid dienone is 2. The van der Waals surface area contributed by atoms with E-state index >= 15 is 0 Å². The standard InChI is InChI=1S/C17H19NO2/c1-10-7-8-14(12(3)9-10)18-16(19)13-6-4-5-11(2)15(13)17(18)20/h4-5,7-9,11,13,15H,6H2,1-3H3/t11-,13-,15-/m1/s1. The second-order valence-electron chi connectivity index (χ2n) is 5.96. The summed E-state index contributed by atoms with van der Waals surface area (Å²) in [6, 6.07) is 5.85. The monoisotopic (exact) mass is 269 g/mol. The van der Waals surface area contributed by atoms with Crippen LogP contribution in [0.3, 0.4) is 0 Å². The van der Waals surface area contributed by atoms with Crippen LogP contribution in [0.15, 0.2) is 30.4 Å². The summed E-state index contributed by atoms with van der Waals surface area (Å²) in [5, 5.41) is 0. The van der Waals surface area contributed by atoms with Gasteiger partial charge in [-0.3, -0.25) is 9.59 Å². The number of imide groups is 1. The van der Waals surface area contributed by atoms with Crippen LogP contribution >= 0.6 is 0 Å². The Morgan fingerprint density at radius 3 is 2.55 bits per heavy atom. The first-order valence-electron chi connectivity index (χ1n) is 7.12. The Labute approximate surface area is 119 Å². The van der Waals surface area contributed by atoms with Crippen molar-refractivity contribution in [2.75, 3.05) is 4.90 Å². The minimum absolute atomic E-state index is 0.0381. The van der Waals surface area contributed by atoms with Gasteiger partial charge in [0.15, 0.2) is 0 Å². The van der Waals surface area contributed by atoms with Gasteiger partial charge in [-0.25, -0.2) is 4.90 Å². The minimum Gasteiger partial charge on any atom is -0.274 e. The van der Waals surface area contributed by atoms with Crippen molar-refractivity contribution in [3.63, 3.8) is 0 Å². The highest BCUT2D eigenvalue weighted by atomic mass is 16.2. The number of benzene rings is 1. The van der Waals surface area contributed by atoms with Gasteiger partial charge in [-0.05, 0) is 37.8 Å². The van der Waals surface area contributed by atoms with E-state index in [1.165, 1.54) is 4.90 Å². The maximum Gasteiger partial charge on any atom is 0.238 e. The molecule has 2 aliphatic rings. The van der Waals surface area contributed by atoms with Gasteiger partial charge in [-0.2, -0.15) is 0 Å². The molecule has 0 spiro atoms. The summed E-state index contributed by atoms with van der Waals surface area (Å²) in [6.45, 7) is 5.98. The van der Waals surface area contributed by atoms with Crippen molar-refractivity contribution >= 4 is 17.5 Å². The molecule has 0 radical (unpaired) electrons. The van der Waals surface area contributed by atoms with Crippen molar-refractivity contribution in [1.82, 2.24) is 0 Å². The lowest BCUT2D eigenvalue weighted by atomic mass is 9.78. The zero-order valence-electron chi connectivity index (χ0n) is 12.1. The highest BCUT2D eigenvalue weighted by Crippen LogP contribution is 2.41. The quantitative estimate of drug-likeness (QED) is 0.580. The van der Waals surface area contributed by atoms with E-state index in [4.69, 9.17) is 0 Å². The van der Waals surface area contributed by atoms with Crippen LogP contribution in [0, 0.1) is 31.6 Å². The fourth-order valence-corrected chi connectivity index (χ4v) is 3.44. The molecule has 2 amide bonds. The summed E-state index contributed by atoms with van der Waals surface area (Å²) < 4.78 is 0. The maximum atomic E-state index is 12.7. The van der Waals surface area contributed by atoms with E-state index in [0.717, 1.165) is 16.8 Å². The lowest BCUT2D eigenvalue weighted by Gasteiger charge is -2.22. The predicted molar refractivity (Wildman–Crippen MR) is 78.3 cm³/mol. The molecule has 3 nitrogen and oxygen atoms in total. The van der Waals surface area contributed by atoms with Crippen molar-refractivity contribution in [2.24, 2.45) is 17.8 Å². The van der Waals surface area contributed by atoms with Gasteiger partial charge in [0.05, 0.1) is 17.5 Å². The molecule has 0 aromatic heterocycles. The zero-order valence-corrected chi connectivity index (χ0v) is 12.1. The number of hydrogen-bond acceptors (Lipinski definition) is 2. The summed E-state index contributed by atoms with van der Waals surface area (Å²) in [4.78, 5) is 26.7. The van der Waals surface area contributed by atoms with Crippen molar-refractivity contribution < 1.29 is 9.59 Å². The summed E-state index contributed by atoms with van der Waals surface area (Å²) in [5.41, 5.74) is 2.86. The molecule has 1 saturated heterocycles. The smallest absolute Gasteiger partial charge is 0.238 e. The first-order chi connectivity index (χ1) is 9.50. The van der Waals surface area contributed by atoms with E-state index in [1.54, 1.807) is 0 Å². The lowest BCUT2D eigenvalue weighted by Crippen LogP contribution is -2.32. The van der Waals surface area contributed by atoms with E-state index in [0.29, 0.717) is 6.42 Å². The number of fused-ring (bicyclic) bond motifs is 1. The Morgan fingerprint density at radius 2 is 1.90 bits per heavy atom. The predicted octanol–water partition coefficient (Wildman–Crippen LogP) is 3.01. The van der Waals surface area contributed by atoms with Gasteiger partial charge in [-0.15, -0.1) is 0 Å². The lowest BCUT2D eigenvalue weighted by molar-refractivity contribution is -0.122. The topological polar surface area (TPSA) is 37.4 Å². The maximum absolute atomic E-state index is 12.7. The van der Waals surface area contributed by atoms with E-state index in [-0.39, 0.29) is 29.6 Å². The summed E-state index contributed by atoms with van der Waals surface area (Å²) >= 11 is 0. The van der Waals surface area contributed by atoms with E-state index < -0.39 is 0 Å². The van der Waals surface area contributed by atoms with Crippen LogP contribution < -0.4 is 4.90 Å². The number of anilines is 1. The third kappa shape index (κ3) is 1.80. The number of carbonyl (C=O) groups is 2. The zero-order chi connectivity index (χ0) is 14.4. The first kappa shape index (κ1) is 13.1. The molecule has 20 heavy (non-hydrogen) atoms. The summed E-state index contributed by atoms with van der Waals surface area (Å²) in [6.07, 6.45) is 4.77. The molecule has 3 heteroatoms. The third-order valence-electron chi connectivity index (χ3n) is 4.47. The number of hydrogen-bond donors (Lipinski definition) is 0. The SMILES string of the molecule is Cc1ccc(N2C(=O)[C@@H]3[C@H](C)C=CC[C@H]3C2=O)c(C)c1. The Kier molecular flexibility index (Phi) is 3.00. The molecule has 0 saturated carbocycles. The Balaban J connectivity index is 2.03. The second kappa shape index (κ2) is 4.58. The van der Waals surface area contributed by atoms with Crippen LogP contribution in [0.4, 0.5) is 5.69 Å². The molecule has 3 atom stereocenters. The number of amides is 2. The van der Waals surface area contributed by atoms with Crippen LogP contribution in [0.1, 0.15) is 24.5 Å². The van der Waals surface area contributed by atoms with Gasteiger partial charge < -0.3 is 0 Å². The average molecular weight is 269 g/mol. The van der Waals surface area contributed by atoms with Gasteiger partial charge in [0, 0.05) is 0 Å². The molecule has 104 valence electrons.